The average molecular weight is 424 g/mol. The van der Waals surface area contributed by atoms with E-state index in [9.17, 15) is 22.4 Å². The number of hydrogen-bond acceptors (Lipinski definition) is 6. The maximum atomic E-state index is 14.6. The minimum atomic E-state index is -2.49. The minimum absolute atomic E-state index is 0.0759. The number of nitrogens with two attached hydrogens (primary N) is 1. The van der Waals surface area contributed by atoms with Gasteiger partial charge in [0.25, 0.3) is 0 Å². The SMILES string of the molecule is COc1cnc(C(=O)Cc2ccc(F)c([C@]3(CF)CC[C@@](F)(CF)C(N)=N3)c2)cn1. The van der Waals surface area contributed by atoms with Crippen molar-refractivity contribution in [2.24, 2.45) is 10.7 Å². The first-order valence-corrected chi connectivity index (χ1v) is 9.12. The van der Waals surface area contributed by atoms with Crippen LogP contribution in [0.2, 0.25) is 0 Å². The largest absolute Gasteiger partial charge is 0.480 e. The second-order valence-corrected chi connectivity index (χ2v) is 7.12. The number of hydrogen-bond donors (Lipinski definition) is 1. The van der Waals surface area contributed by atoms with Crippen molar-refractivity contribution in [1.29, 1.82) is 0 Å². The Bertz CT molecular complexity index is 970. The van der Waals surface area contributed by atoms with Crippen LogP contribution in [0, 0.1) is 5.82 Å². The van der Waals surface area contributed by atoms with Gasteiger partial charge in [-0.1, -0.05) is 6.07 Å². The number of carbonyl (C=O) groups excluding carboxylic acids is 1. The number of methoxy groups -OCH3 is 1. The first-order chi connectivity index (χ1) is 14.3. The summed E-state index contributed by atoms with van der Waals surface area (Å²) >= 11 is 0. The van der Waals surface area contributed by atoms with E-state index in [1.807, 2.05) is 0 Å². The number of carbonyl (C=O) groups is 1. The molecule has 3 rings (SSSR count). The fourth-order valence-electron chi connectivity index (χ4n) is 3.30. The van der Waals surface area contributed by atoms with Crippen LogP contribution in [-0.2, 0) is 12.0 Å². The summed E-state index contributed by atoms with van der Waals surface area (Å²) in [6, 6.07) is 3.74. The summed E-state index contributed by atoms with van der Waals surface area (Å²) in [5.41, 5.74) is 1.56. The lowest BCUT2D eigenvalue weighted by atomic mass is 9.79. The third kappa shape index (κ3) is 3.99. The molecule has 160 valence electrons. The Kier molecular flexibility index (Phi) is 6.04. The zero-order chi connectivity index (χ0) is 21.9. The van der Waals surface area contributed by atoms with Gasteiger partial charge in [0, 0.05) is 12.0 Å². The topological polar surface area (TPSA) is 90.5 Å². The molecule has 6 nitrogen and oxygen atoms in total. The van der Waals surface area contributed by atoms with E-state index in [0.717, 1.165) is 6.07 Å². The zero-order valence-corrected chi connectivity index (χ0v) is 16.2. The Morgan fingerprint density at radius 3 is 2.53 bits per heavy atom. The highest BCUT2D eigenvalue weighted by Crippen LogP contribution is 2.41. The molecule has 1 aliphatic heterocycles. The lowest BCUT2D eigenvalue weighted by Gasteiger charge is -2.37. The molecular weight excluding hydrogens is 404 g/mol. The predicted octanol–water partition coefficient (Wildman–Crippen LogP) is 3.04. The van der Waals surface area contributed by atoms with Crippen molar-refractivity contribution in [3.8, 4) is 5.88 Å². The Morgan fingerprint density at radius 1 is 1.20 bits per heavy atom. The Balaban J connectivity index is 1.92. The van der Waals surface area contributed by atoms with Crippen LogP contribution < -0.4 is 10.5 Å². The number of halogens is 4. The lowest BCUT2D eigenvalue weighted by Crippen LogP contribution is -2.50. The second-order valence-electron chi connectivity index (χ2n) is 7.12. The van der Waals surface area contributed by atoms with E-state index >= 15 is 0 Å². The van der Waals surface area contributed by atoms with E-state index in [1.165, 1.54) is 31.6 Å². The Morgan fingerprint density at radius 2 is 1.97 bits per heavy atom. The van der Waals surface area contributed by atoms with Crippen LogP contribution in [0.25, 0.3) is 0 Å². The van der Waals surface area contributed by atoms with Gasteiger partial charge >= 0.3 is 0 Å². The molecule has 1 aromatic carbocycles. The molecule has 0 saturated carbocycles. The Hall–Kier alpha value is -3.04. The van der Waals surface area contributed by atoms with Crippen molar-refractivity contribution in [3.05, 3.63) is 53.2 Å². The predicted molar refractivity (Wildman–Crippen MR) is 101 cm³/mol. The third-order valence-corrected chi connectivity index (χ3v) is 5.18. The molecule has 2 N–H and O–H groups in total. The Labute approximate surface area is 170 Å². The lowest BCUT2D eigenvalue weighted by molar-refractivity contribution is 0.0987. The fourth-order valence-corrected chi connectivity index (χ4v) is 3.30. The third-order valence-electron chi connectivity index (χ3n) is 5.18. The first-order valence-electron chi connectivity index (χ1n) is 9.12. The number of alkyl halides is 3. The van der Waals surface area contributed by atoms with E-state index in [4.69, 9.17) is 10.5 Å². The second kappa shape index (κ2) is 8.37. The number of rotatable bonds is 7. The van der Waals surface area contributed by atoms with Crippen molar-refractivity contribution in [1.82, 2.24) is 9.97 Å². The van der Waals surface area contributed by atoms with Gasteiger partial charge in [-0.2, -0.15) is 0 Å². The number of Topliss-reactive ketones (excluding diaryl/α,β-unsaturated/α-hetero) is 1. The first kappa shape index (κ1) is 21.7. The summed E-state index contributed by atoms with van der Waals surface area (Å²) in [5.74, 6) is -1.64. The van der Waals surface area contributed by atoms with Gasteiger partial charge in [-0.15, -0.1) is 0 Å². The number of nitrogens with zero attached hydrogens (tertiary/aromatic N) is 3. The van der Waals surface area contributed by atoms with Gasteiger partial charge in [0.15, 0.2) is 11.5 Å². The van der Waals surface area contributed by atoms with Gasteiger partial charge in [0.1, 0.15) is 36.2 Å². The fraction of sp³-hybridized carbons (Fsp3) is 0.400. The molecule has 0 radical (unpaired) electrons. The van der Waals surface area contributed by atoms with Gasteiger partial charge in [-0.3, -0.25) is 9.79 Å². The van der Waals surface area contributed by atoms with Gasteiger partial charge in [0.2, 0.25) is 5.88 Å². The molecule has 1 aromatic heterocycles. The van der Waals surface area contributed by atoms with Crippen molar-refractivity contribution < 1.29 is 27.1 Å². The van der Waals surface area contributed by atoms with Gasteiger partial charge in [-0.05, 0) is 30.5 Å². The molecule has 0 bridgehead atoms. The monoisotopic (exact) mass is 424 g/mol. The van der Waals surface area contributed by atoms with Crippen molar-refractivity contribution >= 4 is 11.6 Å². The van der Waals surface area contributed by atoms with Crippen LogP contribution in [0.5, 0.6) is 5.88 Å². The molecule has 2 atom stereocenters. The molecule has 30 heavy (non-hydrogen) atoms. The molecule has 2 heterocycles. The molecule has 0 saturated heterocycles. The molecule has 0 unspecified atom stereocenters. The molecular formula is C20H20F4N4O2. The summed E-state index contributed by atoms with van der Waals surface area (Å²) in [6.45, 7) is -2.56. The van der Waals surface area contributed by atoms with Crippen LogP contribution in [0.4, 0.5) is 17.6 Å². The van der Waals surface area contributed by atoms with Crippen molar-refractivity contribution in [2.45, 2.75) is 30.5 Å². The number of amidine groups is 1. The van der Waals surface area contributed by atoms with Crippen LogP contribution in [-0.4, -0.2) is 47.7 Å². The molecule has 2 aromatic rings. The standard InChI is InChI=1S/C20H20F4N4O2/c1-30-17-9-26-15(8-27-17)16(29)7-12-2-3-14(23)13(6-12)20(11-22)5-4-19(24,10-21)18(25)28-20/h2-3,6,8-9H,4-5,7,10-11H2,1H3,(H2,25,28)/t19-,20-/m1/s1. The molecule has 0 fully saturated rings. The minimum Gasteiger partial charge on any atom is -0.480 e. The van der Waals surface area contributed by atoms with E-state index in [1.54, 1.807) is 0 Å². The summed E-state index contributed by atoms with van der Waals surface area (Å²) < 4.78 is 60.8. The highest BCUT2D eigenvalue weighted by Gasteiger charge is 2.47. The maximum absolute atomic E-state index is 14.6. The maximum Gasteiger partial charge on any atom is 0.232 e. The van der Waals surface area contributed by atoms with Crippen molar-refractivity contribution in [2.75, 3.05) is 20.5 Å². The smallest absolute Gasteiger partial charge is 0.232 e. The molecule has 0 spiro atoms. The van der Waals surface area contributed by atoms with Gasteiger partial charge in [-0.25, -0.2) is 27.5 Å². The van der Waals surface area contributed by atoms with E-state index in [-0.39, 0.29) is 30.0 Å². The quantitative estimate of drug-likeness (QED) is 0.545. The van der Waals surface area contributed by atoms with Crippen molar-refractivity contribution in [3.63, 3.8) is 0 Å². The molecule has 1 aliphatic rings. The molecule has 10 heteroatoms. The number of ketones is 1. The van der Waals surface area contributed by atoms with Crippen LogP contribution in [0.3, 0.4) is 0 Å². The van der Waals surface area contributed by atoms with Gasteiger partial charge < -0.3 is 10.5 Å². The van der Waals surface area contributed by atoms with Crippen LogP contribution in [0.1, 0.15) is 34.5 Å². The van der Waals surface area contributed by atoms with E-state index < -0.39 is 48.4 Å². The van der Waals surface area contributed by atoms with E-state index in [0.29, 0.717) is 5.56 Å². The summed E-state index contributed by atoms with van der Waals surface area (Å²) in [7, 11) is 1.41. The molecule has 0 amide bonds. The normalized spacial score (nSPS) is 23.7. The number of aromatic nitrogens is 2. The average Bonchev–Trinajstić information content (AvgIpc) is 2.77. The summed E-state index contributed by atoms with van der Waals surface area (Å²) in [4.78, 5) is 24.2. The highest BCUT2D eigenvalue weighted by atomic mass is 19.2. The van der Waals surface area contributed by atoms with Crippen LogP contribution in [0.15, 0.2) is 35.6 Å². The highest BCUT2D eigenvalue weighted by molar-refractivity contribution is 5.95. The summed E-state index contributed by atoms with van der Waals surface area (Å²) in [6.07, 6.45) is 1.66. The molecule has 0 aliphatic carbocycles. The van der Waals surface area contributed by atoms with E-state index in [2.05, 4.69) is 15.0 Å². The van der Waals surface area contributed by atoms with Gasteiger partial charge in [0.05, 0.1) is 19.5 Å². The summed E-state index contributed by atoms with van der Waals surface area (Å²) in [5, 5.41) is 0. The zero-order valence-electron chi connectivity index (χ0n) is 16.2. The number of aliphatic imine (C=N–C) groups is 1. The number of ether oxygens (including phenoxy) is 1. The van der Waals surface area contributed by atoms with Crippen LogP contribution >= 0.6 is 0 Å². The number of benzene rings is 1.